The third kappa shape index (κ3) is 2.77. The van der Waals surface area contributed by atoms with Crippen molar-refractivity contribution in [2.24, 2.45) is 5.73 Å². The summed E-state index contributed by atoms with van der Waals surface area (Å²) in [4.78, 5) is 9.99. The lowest BCUT2D eigenvalue weighted by Gasteiger charge is -2.05. The lowest BCUT2D eigenvalue weighted by atomic mass is 10.3. The molecule has 0 aliphatic carbocycles. The number of hydrogen-bond acceptors (Lipinski definition) is 3. The maximum absolute atomic E-state index is 10.5. The minimum absolute atomic E-state index is 0.00386. The first-order valence-electron chi connectivity index (χ1n) is 3.51. The number of nitrogens with zero attached hydrogens (tertiary/aromatic N) is 1. The summed E-state index contributed by atoms with van der Waals surface area (Å²) >= 11 is 6.67. The van der Waals surface area contributed by atoms with Gasteiger partial charge in [-0.3, -0.25) is 10.1 Å². The second kappa shape index (κ2) is 4.51. The highest BCUT2D eigenvalue weighted by Gasteiger charge is 2.09. The van der Waals surface area contributed by atoms with Gasteiger partial charge >= 0.3 is 0 Å². The van der Waals surface area contributed by atoms with E-state index in [1.165, 1.54) is 12.1 Å². The van der Waals surface area contributed by atoms with Crippen molar-refractivity contribution in [2.45, 2.75) is 0 Å². The molecule has 0 radical (unpaired) electrons. The number of thiocarbonyl (C=S) groups is 1. The maximum Gasteiger partial charge on any atom is 0.271 e. The molecule has 3 N–H and O–H groups in total. The van der Waals surface area contributed by atoms with Crippen LogP contribution in [0.4, 0.5) is 11.4 Å². The van der Waals surface area contributed by atoms with Crippen LogP contribution < -0.4 is 11.1 Å². The van der Waals surface area contributed by atoms with Crippen molar-refractivity contribution in [3.8, 4) is 0 Å². The quantitative estimate of drug-likeness (QED) is 0.376. The number of nitrogens with two attached hydrogens (primary N) is 1. The van der Waals surface area contributed by atoms with Crippen molar-refractivity contribution in [1.82, 2.24) is 0 Å². The minimum atomic E-state index is -0.471. The van der Waals surface area contributed by atoms with Gasteiger partial charge in [-0.2, -0.15) is 0 Å². The molecular formula is C7H6IN3O2S. The van der Waals surface area contributed by atoms with Gasteiger partial charge in [0.15, 0.2) is 5.11 Å². The number of rotatable bonds is 2. The number of non-ortho nitro benzene ring substituents is 1. The normalized spacial score (nSPS) is 9.50. The topological polar surface area (TPSA) is 81.2 Å². The van der Waals surface area contributed by atoms with Gasteiger partial charge in [-0.1, -0.05) is 0 Å². The Morgan fingerprint density at radius 3 is 2.79 bits per heavy atom. The molecule has 0 amide bonds. The van der Waals surface area contributed by atoms with Gasteiger partial charge in [0.2, 0.25) is 0 Å². The van der Waals surface area contributed by atoms with Gasteiger partial charge in [0.05, 0.1) is 10.6 Å². The molecule has 0 bridgehead atoms. The summed E-state index contributed by atoms with van der Waals surface area (Å²) < 4.78 is 0.820. The molecule has 0 heterocycles. The van der Waals surface area contributed by atoms with Crippen molar-refractivity contribution < 1.29 is 4.92 Å². The largest absolute Gasteiger partial charge is 0.376 e. The van der Waals surface area contributed by atoms with Crippen LogP contribution >= 0.6 is 34.8 Å². The molecule has 0 atom stereocenters. The molecule has 0 fully saturated rings. The van der Waals surface area contributed by atoms with Crippen LogP contribution in [0.1, 0.15) is 0 Å². The second-order valence-corrected chi connectivity index (χ2v) is 4.01. The standard InChI is InChI=1S/C7H6IN3O2S/c8-5-2-1-4(11(12)13)3-6(5)10-7(9)14/h1-3H,(H3,9,10,14). The van der Waals surface area contributed by atoms with Crippen molar-refractivity contribution in [2.75, 3.05) is 5.32 Å². The number of hydrogen-bond donors (Lipinski definition) is 2. The first-order valence-corrected chi connectivity index (χ1v) is 5.00. The van der Waals surface area contributed by atoms with Gasteiger partial charge in [0.1, 0.15) is 0 Å². The van der Waals surface area contributed by atoms with Crippen molar-refractivity contribution in [3.05, 3.63) is 31.9 Å². The molecular weight excluding hydrogens is 317 g/mol. The molecule has 74 valence electrons. The SMILES string of the molecule is NC(=S)Nc1cc([N+](=O)[O-])ccc1I. The molecule has 0 aliphatic heterocycles. The predicted molar refractivity (Wildman–Crippen MR) is 66.2 cm³/mol. The maximum atomic E-state index is 10.5. The zero-order valence-corrected chi connectivity index (χ0v) is 9.83. The van der Waals surface area contributed by atoms with Gasteiger partial charge < -0.3 is 11.1 Å². The molecule has 14 heavy (non-hydrogen) atoms. The van der Waals surface area contributed by atoms with Crippen LogP contribution in [0, 0.1) is 13.7 Å². The van der Waals surface area contributed by atoms with Gasteiger partial charge in [0.25, 0.3) is 5.69 Å². The van der Waals surface area contributed by atoms with Crippen molar-refractivity contribution >= 4 is 51.3 Å². The first-order chi connectivity index (χ1) is 6.50. The predicted octanol–water partition coefficient (Wildman–Crippen LogP) is 1.85. The van der Waals surface area contributed by atoms with E-state index in [0.717, 1.165) is 3.57 Å². The van der Waals surface area contributed by atoms with Crippen LogP contribution in [0.2, 0.25) is 0 Å². The Morgan fingerprint density at radius 1 is 1.64 bits per heavy atom. The Hall–Kier alpha value is -0.960. The lowest BCUT2D eigenvalue weighted by molar-refractivity contribution is -0.384. The van der Waals surface area contributed by atoms with E-state index in [-0.39, 0.29) is 10.8 Å². The zero-order chi connectivity index (χ0) is 10.7. The van der Waals surface area contributed by atoms with E-state index in [2.05, 4.69) is 17.5 Å². The van der Waals surface area contributed by atoms with Crippen LogP contribution in [0.5, 0.6) is 0 Å². The first kappa shape index (κ1) is 11.1. The Morgan fingerprint density at radius 2 is 2.29 bits per heavy atom. The average Bonchev–Trinajstić information content (AvgIpc) is 2.07. The van der Waals surface area contributed by atoms with Crippen LogP contribution in [0.25, 0.3) is 0 Å². The van der Waals surface area contributed by atoms with E-state index in [4.69, 9.17) is 5.73 Å². The van der Waals surface area contributed by atoms with E-state index in [1.807, 2.05) is 22.6 Å². The van der Waals surface area contributed by atoms with Gasteiger partial charge in [-0.25, -0.2) is 0 Å². The Balaban J connectivity index is 3.08. The Kier molecular flexibility index (Phi) is 3.58. The third-order valence-electron chi connectivity index (χ3n) is 1.42. The van der Waals surface area contributed by atoms with Gasteiger partial charge in [-0.15, -0.1) is 0 Å². The molecule has 0 aliphatic rings. The molecule has 7 heteroatoms. The van der Waals surface area contributed by atoms with E-state index in [1.54, 1.807) is 6.07 Å². The third-order valence-corrected chi connectivity index (χ3v) is 2.46. The molecule has 0 spiro atoms. The summed E-state index contributed by atoms with van der Waals surface area (Å²) in [5.74, 6) is 0. The van der Waals surface area contributed by atoms with E-state index < -0.39 is 4.92 Å². The van der Waals surface area contributed by atoms with Crippen molar-refractivity contribution in [1.29, 1.82) is 0 Å². The molecule has 5 nitrogen and oxygen atoms in total. The van der Waals surface area contributed by atoms with Gasteiger partial charge in [-0.05, 0) is 40.9 Å². The molecule has 1 aromatic carbocycles. The zero-order valence-electron chi connectivity index (χ0n) is 6.86. The summed E-state index contributed by atoms with van der Waals surface area (Å²) in [6.07, 6.45) is 0. The number of halogens is 1. The van der Waals surface area contributed by atoms with E-state index in [9.17, 15) is 10.1 Å². The van der Waals surface area contributed by atoms with Gasteiger partial charge in [0, 0.05) is 15.7 Å². The fourth-order valence-electron chi connectivity index (χ4n) is 0.855. The number of nitro groups is 1. The summed E-state index contributed by atoms with van der Waals surface area (Å²) in [7, 11) is 0. The highest BCUT2D eigenvalue weighted by atomic mass is 127. The monoisotopic (exact) mass is 323 g/mol. The summed E-state index contributed by atoms with van der Waals surface area (Å²) in [6.45, 7) is 0. The van der Waals surface area contributed by atoms with Crippen LogP contribution in [-0.2, 0) is 0 Å². The number of benzene rings is 1. The molecule has 0 unspecified atom stereocenters. The molecule has 0 saturated heterocycles. The molecule has 0 aromatic heterocycles. The fraction of sp³-hybridized carbons (Fsp3) is 0. The van der Waals surface area contributed by atoms with Crippen LogP contribution in [0.3, 0.4) is 0 Å². The van der Waals surface area contributed by atoms with Crippen LogP contribution in [-0.4, -0.2) is 10.0 Å². The van der Waals surface area contributed by atoms with Crippen molar-refractivity contribution in [3.63, 3.8) is 0 Å². The summed E-state index contributed by atoms with van der Waals surface area (Å²) in [5, 5.41) is 13.2. The average molecular weight is 323 g/mol. The molecule has 1 rings (SSSR count). The smallest absolute Gasteiger partial charge is 0.271 e. The Labute approximate surface area is 99.0 Å². The highest BCUT2D eigenvalue weighted by Crippen LogP contribution is 2.23. The van der Waals surface area contributed by atoms with Crippen LogP contribution in [0.15, 0.2) is 18.2 Å². The number of anilines is 1. The minimum Gasteiger partial charge on any atom is -0.376 e. The fourth-order valence-corrected chi connectivity index (χ4v) is 1.44. The Bertz CT molecular complexity index is 397. The highest BCUT2D eigenvalue weighted by molar-refractivity contribution is 14.1. The number of nitrogens with one attached hydrogen (secondary N) is 1. The van der Waals surface area contributed by atoms with E-state index >= 15 is 0 Å². The lowest BCUT2D eigenvalue weighted by Crippen LogP contribution is -2.19. The number of nitro benzene ring substituents is 1. The molecule has 1 aromatic rings. The summed E-state index contributed by atoms with van der Waals surface area (Å²) in [6, 6.07) is 4.44. The molecule has 0 saturated carbocycles. The second-order valence-electron chi connectivity index (χ2n) is 2.41. The summed E-state index contributed by atoms with van der Waals surface area (Å²) in [5.41, 5.74) is 5.82. The van der Waals surface area contributed by atoms with E-state index in [0.29, 0.717) is 5.69 Å².